The lowest BCUT2D eigenvalue weighted by Crippen LogP contribution is -2.42. The van der Waals surface area contributed by atoms with E-state index >= 15 is 0 Å². The number of fused-ring (bicyclic) bond motifs is 1. The van der Waals surface area contributed by atoms with Crippen LogP contribution in [0, 0.1) is 5.92 Å². The Kier molecular flexibility index (Phi) is 6.61. The zero-order valence-corrected chi connectivity index (χ0v) is 16.0. The summed E-state index contributed by atoms with van der Waals surface area (Å²) in [5, 5.41) is 4.03. The first-order valence-corrected chi connectivity index (χ1v) is 10.2. The van der Waals surface area contributed by atoms with Crippen molar-refractivity contribution < 1.29 is 14.3 Å². The summed E-state index contributed by atoms with van der Waals surface area (Å²) in [7, 11) is 0. The molecule has 0 bridgehead atoms. The van der Waals surface area contributed by atoms with Gasteiger partial charge in [-0.3, -0.25) is 9.59 Å². The number of amides is 1. The van der Waals surface area contributed by atoms with Crippen LogP contribution in [-0.4, -0.2) is 29.5 Å². The molecule has 1 aromatic carbocycles. The number of rotatable bonds is 7. The standard InChI is InChI=1S/C20H26N2O3S/c1-14-7-2-3-8-15(14)21-18(23)13-25-20(24)12-6-11-19-22-16-9-4-5-10-17(16)26-19/h4-5,9-10,14-15H,2-3,6-8,11-13H2,1H3,(H,21,23)/t14-,15+/m0/s1. The maximum absolute atomic E-state index is 12.0. The maximum atomic E-state index is 12.0. The Bertz CT molecular complexity index is 725. The third kappa shape index (κ3) is 5.27. The SMILES string of the molecule is C[C@H]1CCCC[C@H]1NC(=O)COC(=O)CCCc1nc2ccccc2s1. The molecule has 0 aliphatic heterocycles. The minimum Gasteiger partial charge on any atom is -0.456 e. The second-order valence-electron chi connectivity index (χ2n) is 7.03. The Balaban J connectivity index is 1.34. The number of hydrogen-bond donors (Lipinski definition) is 1. The van der Waals surface area contributed by atoms with Crippen LogP contribution >= 0.6 is 11.3 Å². The fourth-order valence-corrected chi connectivity index (χ4v) is 4.42. The van der Waals surface area contributed by atoms with Gasteiger partial charge in [-0.1, -0.05) is 31.9 Å². The largest absolute Gasteiger partial charge is 0.456 e. The smallest absolute Gasteiger partial charge is 0.306 e. The summed E-state index contributed by atoms with van der Waals surface area (Å²) in [5.41, 5.74) is 1.00. The van der Waals surface area contributed by atoms with Crippen LogP contribution in [0.3, 0.4) is 0 Å². The highest BCUT2D eigenvalue weighted by Gasteiger charge is 2.23. The van der Waals surface area contributed by atoms with Crippen molar-refractivity contribution in [3.63, 3.8) is 0 Å². The molecular formula is C20H26N2O3S. The van der Waals surface area contributed by atoms with Crippen LogP contribution in [0.15, 0.2) is 24.3 Å². The van der Waals surface area contributed by atoms with E-state index < -0.39 is 0 Å². The molecule has 26 heavy (non-hydrogen) atoms. The number of aryl methyl sites for hydroxylation is 1. The van der Waals surface area contributed by atoms with Crippen LogP contribution in [0.1, 0.15) is 50.5 Å². The normalized spacial score (nSPS) is 20.0. The zero-order valence-electron chi connectivity index (χ0n) is 15.2. The van der Waals surface area contributed by atoms with E-state index in [-0.39, 0.29) is 24.5 Å². The van der Waals surface area contributed by atoms with Gasteiger partial charge >= 0.3 is 5.97 Å². The predicted octanol–water partition coefficient (Wildman–Crippen LogP) is 3.86. The van der Waals surface area contributed by atoms with Crippen LogP contribution in [0.2, 0.25) is 0 Å². The molecule has 1 aliphatic rings. The van der Waals surface area contributed by atoms with Gasteiger partial charge in [-0.15, -0.1) is 11.3 Å². The van der Waals surface area contributed by atoms with Gasteiger partial charge in [0.05, 0.1) is 15.2 Å². The van der Waals surface area contributed by atoms with Gasteiger partial charge in [-0.05, 0) is 43.7 Å². The van der Waals surface area contributed by atoms with Crippen LogP contribution in [0.5, 0.6) is 0 Å². The van der Waals surface area contributed by atoms with Gasteiger partial charge < -0.3 is 10.1 Å². The van der Waals surface area contributed by atoms with Crippen LogP contribution in [-0.2, 0) is 20.7 Å². The highest BCUT2D eigenvalue weighted by atomic mass is 32.1. The molecule has 6 heteroatoms. The quantitative estimate of drug-likeness (QED) is 0.747. The Morgan fingerprint density at radius 2 is 2.08 bits per heavy atom. The second kappa shape index (κ2) is 9.12. The summed E-state index contributed by atoms with van der Waals surface area (Å²) in [6.45, 7) is 1.99. The van der Waals surface area contributed by atoms with E-state index in [2.05, 4.69) is 23.3 Å². The van der Waals surface area contributed by atoms with Crippen molar-refractivity contribution in [2.45, 2.75) is 57.9 Å². The van der Waals surface area contributed by atoms with Crippen molar-refractivity contribution >= 4 is 33.4 Å². The Hall–Kier alpha value is -1.95. The molecule has 5 nitrogen and oxygen atoms in total. The number of aromatic nitrogens is 1. The minimum atomic E-state index is -0.321. The van der Waals surface area contributed by atoms with E-state index in [1.807, 2.05) is 18.2 Å². The summed E-state index contributed by atoms with van der Waals surface area (Å²) in [6, 6.07) is 8.24. The number of thiazole rings is 1. The van der Waals surface area contributed by atoms with E-state index in [1.165, 1.54) is 11.1 Å². The topological polar surface area (TPSA) is 68.3 Å². The summed E-state index contributed by atoms with van der Waals surface area (Å²) in [5.74, 6) is -0.0153. The lowest BCUT2D eigenvalue weighted by molar-refractivity contribution is -0.149. The molecule has 1 fully saturated rings. The molecule has 0 radical (unpaired) electrons. The van der Waals surface area contributed by atoms with Crippen LogP contribution < -0.4 is 5.32 Å². The van der Waals surface area contributed by atoms with E-state index in [9.17, 15) is 9.59 Å². The monoisotopic (exact) mass is 374 g/mol. The molecule has 1 heterocycles. The molecule has 1 amide bonds. The van der Waals surface area contributed by atoms with Crippen LogP contribution in [0.25, 0.3) is 10.2 Å². The number of carbonyl (C=O) groups is 2. The van der Waals surface area contributed by atoms with Gasteiger partial charge in [-0.2, -0.15) is 0 Å². The lowest BCUT2D eigenvalue weighted by atomic mass is 9.86. The molecule has 1 aromatic heterocycles. The zero-order chi connectivity index (χ0) is 18.4. The number of nitrogens with one attached hydrogen (secondary N) is 1. The van der Waals surface area contributed by atoms with Crippen molar-refractivity contribution in [3.8, 4) is 0 Å². The summed E-state index contributed by atoms with van der Waals surface area (Å²) in [6.07, 6.45) is 6.29. The van der Waals surface area contributed by atoms with Gasteiger partial charge in [0.25, 0.3) is 5.91 Å². The molecule has 2 atom stereocenters. The number of para-hydroxylation sites is 1. The third-order valence-corrected chi connectivity index (χ3v) is 6.03. The van der Waals surface area contributed by atoms with Crippen molar-refractivity contribution in [2.75, 3.05) is 6.61 Å². The van der Waals surface area contributed by atoms with Gasteiger partial charge in [0, 0.05) is 12.5 Å². The number of ether oxygens (including phenoxy) is 1. The lowest BCUT2D eigenvalue weighted by Gasteiger charge is -2.29. The van der Waals surface area contributed by atoms with E-state index in [0.29, 0.717) is 18.8 Å². The molecule has 0 unspecified atom stereocenters. The van der Waals surface area contributed by atoms with Gasteiger partial charge in [0.1, 0.15) is 0 Å². The fraction of sp³-hybridized carbons (Fsp3) is 0.550. The Morgan fingerprint density at radius 3 is 2.88 bits per heavy atom. The Morgan fingerprint density at radius 1 is 1.27 bits per heavy atom. The number of carbonyl (C=O) groups excluding carboxylic acids is 2. The van der Waals surface area contributed by atoms with Crippen molar-refractivity contribution in [3.05, 3.63) is 29.3 Å². The van der Waals surface area contributed by atoms with E-state index in [1.54, 1.807) is 11.3 Å². The van der Waals surface area contributed by atoms with Gasteiger partial charge in [-0.25, -0.2) is 4.98 Å². The summed E-state index contributed by atoms with van der Waals surface area (Å²) >= 11 is 1.66. The molecule has 3 rings (SSSR count). The molecule has 0 saturated heterocycles. The Labute approximate surface area is 158 Å². The summed E-state index contributed by atoms with van der Waals surface area (Å²) in [4.78, 5) is 28.4. The van der Waals surface area contributed by atoms with Crippen molar-refractivity contribution in [1.29, 1.82) is 0 Å². The highest BCUT2D eigenvalue weighted by molar-refractivity contribution is 7.18. The average Bonchev–Trinajstić information content (AvgIpc) is 3.05. The second-order valence-corrected chi connectivity index (χ2v) is 8.14. The van der Waals surface area contributed by atoms with Gasteiger partial charge in [0.2, 0.25) is 0 Å². The number of nitrogens with zero attached hydrogens (tertiary/aromatic N) is 1. The van der Waals surface area contributed by atoms with Crippen molar-refractivity contribution in [2.24, 2.45) is 5.92 Å². The number of hydrogen-bond acceptors (Lipinski definition) is 5. The fourth-order valence-electron chi connectivity index (χ4n) is 3.41. The van der Waals surface area contributed by atoms with E-state index in [0.717, 1.165) is 36.2 Å². The third-order valence-electron chi connectivity index (χ3n) is 4.93. The predicted molar refractivity (Wildman–Crippen MR) is 103 cm³/mol. The molecule has 1 N–H and O–H groups in total. The molecule has 0 spiro atoms. The first kappa shape index (κ1) is 18.8. The summed E-state index contributed by atoms with van der Waals surface area (Å²) < 4.78 is 6.27. The van der Waals surface area contributed by atoms with E-state index in [4.69, 9.17) is 4.74 Å². The number of esters is 1. The molecule has 2 aromatic rings. The molecular weight excluding hydrogens is 348 g/mol. The van der Waals surface area contributed by atoms with Gasteiger partial charge in [0.15, 0.2) is 6.61 Å². The van der Waals surface area contributed by atoms with Crippen LogP contribution in [0.4, 0.5) is 0 Å². The first-order chi connectivity index (χ1) is 12.6. The molecule has 1 aliphatic carbocycles. The molecule has 140 valence electrons. The molecule has 1 saturated carbocycles. The minimum absolute atomic E-state index is 0.177. The maximum Gasteiger partial charge on any atom is 0.306 e. The first-order valence-electron chi connectivity index (χ1n) is 9.41. The highest BCUT2D eigenvalue weighted by Crippen LogP contribution is 2.24. The number of benzene rings is 1. The average molecular weight is 375 g/mol. The van der Waals surface area contributed by atoms with Crippen molar-refractivity contribution in [1.82, 2.24) is 10.3 Å².